The first kappa shape index (κ1) is 25.5. The van der Waals surface area contributed by atoms with Gasteiger partial charge in [-0.15, -0.1) is 0 Å². The average molecular weight is 525 g/mol. The number of carbonyl (C=O) groups is 3. The molecule has 1 aliphatic rings. The van der Waals surface area contributed by atoms with E-state index < -0.39 is 0 Å². The number of carbonyl (C=O) groups excluding carboxylic acids is 3. The molecule has 6 nitrogen and oxygen atoms in total. The van der Waals surface area contributed by atoms with Gasteiger partial charge < -0.3 is 9.64 Å². The van der Waals surface area contributed by atoms with Crippen molar-refractivity contribution in [3.05, 3.63) is 102 Å². The molecule has 0 saturated carbocycles. The molecule has 0 radical (unpaired) electrons. The van der Waals surface area contributed by atoms with Crippen molar-refractivity contribution in [2.45, 2.75) is 24.6 Å². The van der Waals surface area contributed by atoms with Gasteiger partial charge in [0.25, 0.3) is 5.24 Å². The van der Waals surface area contributed by atoms with Gasteiger partial charge in [-0.25, -0.2) is 0 Å². The number of hydrogen-bond donors (Lipinski definition) is 1. The second-order valence-electron chi connectivity index (χ2n) is 9.42. The van der Waals surface area contributed by atoms with Crippen molar-refractivity contribution in [1.29, 1.82) is 0 Å². The number of hydrogen-bond acceptors (Lipinski definition) is 5. The molecule has 192 valence electrons. The van der Waals surface area contributed by atoms with Gasteiger partial charge in [-0.05, 0) is 57.6 Å². The lowest BCUT2D eigenvalue weighted by molar-refractivity contribution is -0.129. The van der Waals surface area contributed by atoms with Gasteiger partial charge in [0.2, 0.25) is 11.8 Å². The fourth-order valence-corrected chi connectivity index (χ4v) is 5.54. The maximum absolute atomic E-state index is 13.1. The quantitative estimate of drug-likeness (QED) is 0.324. The Balaban J connectivity index is 1.25. The Bertz CT molecular complexity index is 1520. The Kier molecular flexibility index (Phi) is 7.47. The molecule has 4 aromatic carbocycles. The fourth-order valence-electron chi connectivity index (χ4n) is 4.68. The maximum atomic E-state index is 13.1. The van der Waals surface area contributed by atoms with Gasteiger partial charge in [0.15, 0.2) is 0 Å². The number of nitrogens with one attached hydrogen (secondary N) is 1. The summed E-state index contributed by atoms with van der Waals surface area (Å²) in [5.41, 5.74) is 5.00. The normalized spacial score (nSPS) is 14.9. The molecule has 3 amide bonds. The van der Waals surface area contributed by atoms with Crippen LogP contribution in [-0.4, -0.2) is 41.4 Å². The van der Waals surface area contributed by atoms with Crippen LogP contribution >= 0.6 is 11.8 Å². The molecule has 7 heteroatoms. The van der Waals surface area contributed by atoms with Crippen molar-refractivity contribution >= 4 is 39.6 Å². The summed E-state index contributed by atoms with van der Waals surface area (Å²) in [6.45, 7) is 0.489. The van der Waals surface area contributed by atoms with Crippen LogP contribution in [0.1, 0.15) is 16.7 Å². The predicted octanol–water partition coefficient (Wildman–Crippen LogP) is 5.61. The third kappa shape index (κ3) is 5.73. The number of nitrogens with zero attached hydrogens (tertiary/aromatic N) is 1. The van der Waals surface area contributed by atoms with Gasteiger partial charge in [-0.2, -0.15) is 0 Å². The number of methoxy groups -OCH3 is 1. The highest BCUT2D eigenvalue weighted by Crippen LogP contribution is 2.28. The maximum Gasteiger partial charge on any atom is 0.286 e. The van der Waals surface area contributed by atoms with E-state index in [-0.39, 0.29) is 28.7 Å². The van der Waals surface area contributed by atoms with Crippen molar-refractivity contribution in [1.82, 2.24) is 10.2 Å². The Morgan fingerprint density at radius 1 is 0.895 bits per heavy atom. The minimum absolute atomic E-state index is 0.0145. The third-order valence-electron chi connectivity index (χ3n) is 6.74. The number of benzene rings is 4. The van der Waals surface area contributed by atoms with Gasteiger partial charge in [0.1, 0.15) is 5.75 Å². The molecular weight excluding hydrogens is 496 g/mol. The Labute approximate surface area is 226 Å². The van der Waals surface area contributed by atoms with E-state index in [0.29, 0.717) is 13.0 Å². The van der Waals surface area contributed by atoms with E-state index >= 15 is 0 Å². The average Bonchev–Trinajstić information content (AvgIpc) is 3.24. The molecule has 0 spiro atoms. The Morgan fingerprint density at radius 2 is 1.63 bits per heavy atom. The minimum Gasteiger partial charge on any atom is -0.496 e. The SMILES string of the molecule is COc1cc2ccccc2cc1CC(=O)N(C)Cc1cccc(-c2ccc(CC3SC(=O)NC3=O)cc2)c1. The molecule has 1 heterocycles. The summed E-state index contributed by atoms with van der Waals surface area (Å²) in [6.07, 6.45) is 0.770. The molecule has 5 rings (SSSR count). The van der Waals surface area contributed by atoms with Crippen LogP contribution in [0.15, 0.2) is 84.9 Å². The van der Waals surface area contributed by atoms with Crippen LogP contribution in [0.3, 0.4) is 0 Å². The molecule has 1 fully saturated rings. The first-order valence-corrected chi connectivity index (χ1v) is 13.3. The molecule has 1 N–H and O–H groups in total. The summed E-state index contributed by atoms with van der Waals surface area (Å²) < 4.78 is 5.57. The molecule has 4 aromatic rings. The molecular formula is C31H28N2O4S. The zero-order valence-corrected chi connectivity index (χ0v) is 22.1. The minimum atomic E-state index is -0.376. The second kappa shape index (κ2) is 11.1. The van der Waals surface area contributed by atoms with Crippen molar-refractivity contribution in [2.24, 2.45) is 0 Å². The zero-order valence-electron chi connectivity index (χ0n) is 21.3. The number of thioether (sulfide) groups is 1. The summed E-state index contributed by atoms with van der Waals surface area (Å²) in [6, 6.07) is 28.2. The van der Waals surface area contributed by atoms with Crippen LogP contribution in [-0.2, 0) is 29.0 Å². The summed E-state index contributed by atoms with van der Waals surface area (Å²) in [4.78, 5) is 38.1. The summed E-state index contributed by atoms with van der Waals surface area (Å²) >= 11 is 1.04. The van der Waals surface area contributed by atoms with E-state index in [0.717, 1.165) is 56.1 Å². The van der Waals surface area contributed by atoms with E-state index in [1.165, 1.54) is 0 Å². The molecule has 0 aromatic heterocycles. The Morgan fingerprint density at radius 3 is 2.32 bits per heavy atom. The van der Waals surface area contributed by atoms with Crippen LogP contribution < -0.4 is 10.1 Å². The molecule has 0 aliphatic carbocycles. The lowest BCUT2D eigenvalue weighted by Gasteiger charge is -2.19. The van der Waals surface area contributed by atoms with Crippen molar-refractivity contribution in [3.8, 4) is 16.9 Å². The number of rotatable bonds is 8. The molecule has 0 bridgehead atoms. The van der Waals surface area contributed by atoms with E-state index in [4.69, 9.17) is 4.74 Å². The van der Waals surface area contributed by atoms with E-state index in [1.54, 1.807) is 12.0 Å². The van der Waals surface area contributed by atoms with Crippen LogP contribution in [0.2, 0.25) is 0 Å². The predicted molar refractivity (Wildman–Crippen MR) is 151 cm³/mol. The van der Waals surface area contributed by atoms with E-state index in [9.17, 15) is 14.4 Å². The second-order valence-corrected chi connectivity index (χ2v) is 10.6. The van der Waals surface area contributed by atoms with Crippen molar-refractivity contribution in [2.75, 3.05) is 14.2 Å². The van der Waals surface area contributed by atoms with E-state index in [2.05, 4.69) is 11.4 Å². The first-order valence-electron chi connectivity index (χ1n) is 12.4. The third-order valence-corrected chi connectivity index (χ3v) is 7.72. The first-order chi connectivity index (χ1) is 18.4. The van der Waals surface area contributed by atoms with E-state index in [1.807, 2.05) is 85.9 Å². The van der Waals surface area contributed by atoms with Crippen LogP contribution in [0.25, 0.3) is 21.9 Å². The standard InChI is InChI=1S/C31H28N2O4S/c1-33(29(34)18-26-16-24-7-3-4-8-25(24)17-27(26)37-2)19-21-6-5-9-23(14-21)22-12-10-20(11-13-22)15-28-30(35)32-31(36)38-28/h3-14,16-17,28H,15,18-19H2,1-2H3,(H,32,35,36). The zero-order chi connectivity index (χ0) is 26.6. The summed E-state index contributed by atoms with van der Waals surface area (Å²) in [7, 11) is 3.45. The topological polar surface area (TPSA) is 75.7 Å². The molecule has 1 saturated heterocycles. The van der Waals surface area contributed by atoms with Gasteiger partial charge in [-0.1, -0.05) is 78.5 Å². The highest BCUT2D eigenvalue weighted by Gasteiger charge is 2.31. The van der Waals surface area contributed by atoms with Crippen LogP contribution in [0, 0.1) is 0 Å². The molecule has 1 aliphatic heterocycles. The number of amides is 3. The van der Waals surface area contributed by atoms with Gasteiger partial charge in [-0.3, -0.25) is 19.7 Å². The highest BCUT2D eigenvalue weighted by atomic mass is 32.2. The van der Waals surface area contributed by atoms with Gasteiger partial charge in [0, 0.05) is 19.2 Å². The highest BCUT2D eigenvalue weighted by molar-refractivity contribution is 8.15. The van der Waals surface area contributed by atoms with Crippen LogP contribution in [0.5, 0.6) is 5.75 Å². The molecule has 1 unspecified atom stereocenters. The smallest absolute Gasteiger partial charge is 0.286 e. The Hall–Kier alpha value is -4.10. The van der Waals surface area contributed by atoms with Crippen LogP contribution in [0.4, 0.5) is 4.79 Å². The molecule has 1 atom stereocenters. The van der Waals surface area contributed by atoms with Crippen molar-refractivity contribution in [3.63, 3.8) is 0 Å². The summed E-state index contributed by atoms with van der Waals surface area (Å²) in [5, 5.41) is 3.83. The van der Waals surface area contributed by atoms with Gasteiger partial charge in [0.05, 0.1) is 18.8 Å². The lowest BCUT2D eigenvalue weighted by Crippen LogP contribution is -2.27. The van der Waals surface area contributed by atoms with Gasteiger partial charge >= 0.3 is 0 Å². The number of fused-ring (bicyclic) bond motifs is 1. The monoisotopic (exact) mass is 524 g/mol. The van der Waals surface area contributed by atoms with Crippen molar-refractivity contribution < 1.29 is 19.1 Å². The lowest BCUT2D eigenvalue weighted by atomic mass is 10.00. The number of likely N-dealkylation sites (N-methyl/N-ethyl adjacent to an activating group) is 1. The largest absolute Gasteiger partial charge is 0.496 e. The number of ether oxygens (including phenoxy) is 1. The summed E-state index contributed by atoms with van der Waals surface area (Å²) in [5.74, 6) is 0.504. The molecule has 38 heavy (non-hydrogen) atoms. The number of imide groups is 1. The fraction of sp³-hybridized carbons (Fsp3) is 0.194.